The number of nitrogens with one attached hydrogen (secondary N) is 1. The quantitative estimate of drug-likeness (QED) is 0.202. The summed E-state index contributed by atoms with van der Waals surface area (Å²) in [5.74, 6) is 0.136. The van der Waals surface area contributed by atoms with Crippen molar-refractivity contribution in [1.82, 2.24) is 14.8 Å². The largest absolute Gasteiger partial charge is 0.493 e. The molecule has 0 aliphatic heterocycles. The Bertz CT molecular complexity index is 1400. The van der Waals surface area contributed by atoms with Crippen molar-refractivity contribution in [2.45, 2.75) is 25.5 Å². The number of thiophene rings is 1. The van der Waals surface area contributed by atoms with Crippen molar-refractivity contribution in [1.29, 1.82) is 0 Å². The third kappa shape index (κ3) is 5.83. The molecule has 0 unspecified atom stereocenters. The van der Waals surface area contributed by atoms with E-state index in [1.165, 1.54) is 42.3 Å². The first-order valence-electron chi connectivity index (χ1n) is 11.5. The fourth-order valence-corrected chi connectivity index (χ4v) is 5.48. The maximum Gasteiger partial charge on any atom is 0.341 e. The molecule has 0 saturated heterocycles. The summed E-state index contributed by atoms with van der Waals surface area (Å²) in [5.41, 5.74) is 2.25. The first kappa shape index (κ1) is 26.4. The van der Waals surface area contributed by atoms with Crippen molar-refractivity contribution in [3.63, 3.8) is 0 Å². The molecular weight excluding hydrogens is 515 g/mol. The van der Waals surface area contributed by atoms with Crippen LogP contribution in [0, 0.1) is 5.82 Å². The number of rotatable bonds is 10. The van der Waals surface area contributed by atoms with Gasteiger partial charge in [-0.05, 0) is 43.7 Å². The van der Waals surface area contributed by atoms with Crippen LogP contribution in [0.2, 0.25) is 0 Å². The lowest BCUT2D eigenvalue weighted by Crippen LogP contribution is -2.16. The molecule has 2 heterocycles. The van der Waals surface area contributed by atoms with Crippen LogP contribution in [-0.4, -0.2) is 46.1 Å². The predicted molar refractivity (Wildman–Crippen MR) is 143 cm³/mol. The van der Waals surface area contributed by atoms with Crippen LogP contribution in [0.1, 0.15) is 24.2 Å². The van der Waals surface area contributed by atoms with Gasteiger partial charge in [0.2, 0.25) is 5.91 Å². The van der Waals surface area contributed by atoms with Gasteiger partial charge in [-0.1, -0.05) is 36.0 Å². The van der Waals surface area contributed by atoms with E-state index in [2.05, 4.69) is 15.5 Å². The Hall–Kier alpha value is -3.70. The molecule has 8 nitrogen and oxygen atoms in total. The average molecular weight is 541 g/mol. The van der Waals surface area contributed by atoms with E-state index >= 15 is 0 Å². The van der Waals surface area contributed by atoms with Crippen LogP contribution in [0.5, 0.6) is 5.75 Å². The summed E-state index contributed by atoms with van der Waals surface area (Å²) >= 11 is 2.44. The number of thioether (sulfide) groups is 1. The summed E-state index contributed by atoms with van der Waals surface area (Å²) in [6, 6.07) is 13.4. The first-order chi connectivity index (χ1) is 18.0. The van der Waals surface area contributed by atoms with Gasteiger partial charge < -0.3 is 19.4 Å². The minimum Gasteiger partial charge on any atom is -0.493 e. The number of para-hydroxylation sites is 1. The number of methoxy groups -OCH3 is 1. The van der Waals surface area contributed by atoms with Crippen molar-refractivity contribution in [3.05, 3.63) is 65.3 Å². The zero-order valence-corrected chi connectivity index (χ0v) is 22.1. The van der Waals surface area contributed by atoms with Gasteiger partial charge in [0.05, 0.1) is 25.0 Å². The van der Waals surface area contributed by atoms with E-state index in [1.54, 1.807) is 17.5 Å². The molecule has 192 valence electrons. The molecule has 0 radical (unpaired) electrons. The summed E-state index contributed by atoms with van der Waals surface area (Å²) in [4.78, 5) is 25.4. The van der Waals surface area contributed by atoms with Gasteiger partial charge in [0.15, 0.2) is 11.0 Å². The number of halogens is 1. The van der Waals surface area contributed by atoms with Crippen molar-refractivity contribution in [3.8, 4) is 28.3 Å². The molecule has 0 fully saturated rings. The number of hydrogen-bond donors (Lipinski definition) is 1. The number of esters is 1. The molecule has 0 aliphatic rings. The lowest BCUT2D eigenvalue weighted by Gasteiger charge is -2.11. The summed E-state index contributed by atoms with van der Waals surface area (Å²) < 4.78 is 26.0. The number of carbonyl (C=O) groups excluding carboxylic acids is 2. The molecule has 0 aliphatic carbocycles. The highest BCUT2D eigenvalue weighted by molar-refractivity contribution is 7.99. The summed E-state index contributed by atoms with van der Waals surface area (Å²) in [6.07, 6.45) is 0. The van der Waals surface area contributed by atoms with E-state index in [1.807, 2.05) is 42.7 Å². The molecule has 0 atom stereocenters. The van der Waals surface area contributed by atoms with Crippen molar-refractivity contribution in [2.75, 3.05) is 24.8 Å². The maximum atomic E-state index is 13.4. The van der Waals surface area contributed by atoms with Gasteiger partial charge in [-0.2, -0.15) is 0 Å². The van der Waals surface area contributed by atoms with Crippen LogP contribution < -0.4 is 10.1 Å². The molecule has 0 saturated carbocycles. The number of nitrogens with zero attached hydrogens (tertiary/aromatic N) is 3. The highest BCUT2D eigenvalue weighted by atomic mass is 32.2. The molecule has 37 heavy (non-hydrogen) atoms. The highest BCUT2D eigenvalue weighted by Crippen LogP contribution is 2.37. The fourth-order valence-electron chi connectivity index (χ4n) is 3.70. The molecule has 2 aromatic carbocycles. The Balaban J connectivity index is 1.51. The fraction of sp³-hybridized carbons (Fsp3) is 0.231. The van der Waals surface area contributed by atoms with Crippen molar-refractivity contribution < 1.29 is 23.5 Å². The standard InChI is InChI=1S/C26H25FN4O4S2/c1-4-31-23(18-8-6-7-9-20(18)35-5-2)29-30-26(31)37-15-21(32)28-24-22(25(33)34-3)19(14-36-24)16-10-12-17(27)13-11-16/h6-14H,4-5,15H2,1-3H3,(H,28,32). The van der Waals surface area contributed by atoms with Gasteiger partial charge in [0.1, 0.15) is 22.1 Å². The van der Waals surface area contributed by atoms with Crippen LogP contribution >= 0.6 is 23.1 Å². The van der Waals surface area contributed by atoms with E-state index in [4.69, 9.17) is 9.47 Å². The number of hydrogen-bond acceptors (Lipinski definition) is 8. The lowest BCUT2D eigenvalue weighted by molar-refractivity contribution is -0.113. The van der Waals surface area contributed by atoms with Crippen molar-refractivity contribution in [2.24, 2.45) is 0 Å². The Kier molecular flexibility index (Phi) is 8.57. The number of carbonyl (C=O) groups is 2. The van der Waals surface area contributed by atoms with Crippen LogP contribution in [0.3, 0.4) is 0 Å². The van der Waals surface area contributed by atoms with Crippen LogP contribution in [0.25, 0.3) is 22.5 Å². The topological polar surface area (TPSA) is 95.3 Å². The van der Waals surface area contributed by atoms with Gasteiger partial charge >= 0.3 is 5.97 Å². The third-order valence-electron chi connectivity index (χ3n) is 5.38. The Morgan fingerprint density at radius 3 is 2.54 bits per heavy atom. The number of aromatic nitrogens is 3. The molecule has 2 aromatic heterocycles. The number of ether oxygens (including phenoxy) is 2. The average Bonchev–Trinajstić information content (AvgIpc) is 3.52. The second-order valence-electron chi connectivity index (χ2n) is 7.67. The number of benzene rings is 2. The minimum absolute atomic E-state index is 0.0512. The van der Waals surface area contributed by atoms with Gasteiger partial charge in [0, 0.05) is 17.5 Å². The first-order valence-corrected chi connectivity index (χ1v) is 13.4. The van der Waals surface area contributed by atoms with E-state index in [-0.39, 0.29) is 23.0 Å². The van der Waals surface area contributed by atoms with Crippen LogP contribution in [-0.2, 0) is 16.1 Å². The van der Waals surface area contributed by atoms with Crippen LogP contribution in [0.4, 0.5) is 9.39 Å². The Morgan fingerprint density at radius 1 is 1.08 bits per heavy atom. The van der Waals surface area contributed by atoms with Gasteiger partial charge in [0.25, 0.3) is 0 Å². The van der Waals surface area contributed by atoms with E-state index < -0.39 is 5.97 Å². The van der Waals surface area contributed by atoms with E-state index in [0.717, 1.165) is 5.56 Å². The molecule has 1 N–H and O–H groups in total. The molecule has 0 spiro atoms. The van der Waals surface area contributed by atoms with Crippen molar-refractivity contribution >= 4 is 40.0 Å². The summed E-state index contributed by atoms with van der Waals surface area (Å²) in [5, 5.41) is 14.1. The van der Waals surface area contributed by atoms with Gasteiger partial charge in [-0.25, -0.2) is 9.18 Å². The Labute approximate surface area is 221 Å². The molecule has 0 bridgehead atoms. The van der Waals surface area contributed by atoms with E-state index in [9.17, 15) is 14.0 Å². The minimum atomic E-state index is -0.591. The smallest absolute Gasteiger partial charge is 0.341 e. The lowest BCUT2D eigenvalue weighted by atomic mass is 10.0. The monoisotopic (exact) mass is 540 g/mol. The highest BCUT2D eigenvalue weighted by Gasteiger charge is 2.23. The summed E-state index contributed by atoms with van der Waals surface area (Å²) in [7, 11) is 1.27. The zero-order chi connectivity index (χ0) is 26.4. The normalized spacial score (nSPS) is 10.8. The Morgan fingerprint density at radius 2 is 1.84 bits per heavy atom. The second-order valence-corrected chi connectivity index (χ2v) is 9.49. The molecule has 4 aromatic rings. The van der Waals surface area contributed by atoms with Crippen LogP contribution in [0.15, 0.2) is 59.1 Å². The second kappa shape index (κ2) is 12.0. The predicted octanol–water partition coefficient (Wildman–Crippen LogP) is 5.75. The molecule has 1 amide bonds. The zero-order valence-electron chi connectivity index (χ0n) is 20.5. The van der Waals surface area contributed by atoms with Gasteiger partial charge in [-0.3, -0.25) is 4.79 Å². The SMILES string of the molecule is CCOc1ccccc1-c1nnc(SCC(=O)Nc2scc(-c3ccc(F)cc3)c2C(=O)OC)n1CC. The number of amides is 1. The van der Waals surface area contributed by atoms with E-state index in [0.29, 0.717) is 46.0 Å². The molecule has 11 heteroatoms. The van der Waals surface area contributed by atoms with Gasteiger partial charge in [-0.15, -0.1) is 21.5 Å². The molecular formula is C26H25FN4O4S2. The summed E-state index contributed by atoms with van der Waals surface area (Å²) in [6.45, 7) is 5.03. The third-order valence-corrected chi connectivity index (χ3v) is 7.24. The maximum absolute atomic E-state index is 13.4. The number of anilines is 1. The molecule has 4 rings (SSSR count).